The monoisotopic (exact) mass is 590 g/mol. The first-order valence-electron chi connectivity index (χ1n) is 13.5. The zero-order valence-electron chi connectivity index (χ0n) is 24.0. The average Bonchev–Trinajstić information content (AvgIpc) is 2.87. The smallest absolute Gasteiger partial charge is 0.309 e. The minimum atomic E-state index is -1.60. The number of carboxylic acid groups (broad SMARTS) is 1. The summed E-state index contributed by atoms with van der Waals surface area (Å²) in [6.45, 7) is 15.4. The van der Waals surface area contributed by atoms with E-state index < -0.39 is 32.9 Å². The molecule has 2 N–H and O–H groups in total. The lowest BCUT2D eigenvalue weighted by atomic mass is 9.87. The van der Waals surface area contributed by atoms with Gasteiger partial charge in [0, 0.05) is 61.3 Å². The van der Waals surface area contributed by atoms with Crippen molar-refractivity contribution >= 4 is 38.6 Å². The van der Waals surface area contributed by atoms with Crippen molar-refractivity contribution in [3.05, 3.63) is 77.4 Å². The molecule has 0 saturated carbocycles. The molecule has 2 unspecified atom stereocenters. The maximum atomic E-state index is 13.3. The van der Waals surface area contributed by atoms with Crippen molar-refractivity contribution < 1.29 is 24.1 Å². The topological polar surface area (TPSA) is 138 Å². The van der Waals surface area contributed by atoms with E-state index in [0.717, 1.165) is 19.3 Å². The molecule has 0 aliphatic carbocycles. The molecule has 9 heteroatoms. The maximum absolute atomic E-state index is 13.3. The number of allylic oxidation sites excluding steroid dienone is 2. The van der Waals surface area contributed by atoms with Gasteiger partial charge >= 0.3 is 5.97 Å². The zero-order chi connectivity index (χ0) is 30.3. The number of aliphatic carboxylic acids is 1. The first kappa shape index (κ1) is 33.8. The molecule has 0 fully saturated rings. The molecule has 2 rings (SSSR count). The van der Waals surface area contributed by atoms with Gasteiger partial charge in [-0.2, -0.15) is 0 Å². The van der Waals surface area contributed by atoms with Crippen molar-refractivity contribution in [1.82, 2.24) is 0 Å². The molecule has 2 aromatic heterocycles. The molecule has 2 aromatic rings. The third kappa shape index (κ3) is 9.59. The predicted octanol–water partition coefficient (Wildman–Crippen LogP) is 6.53. The van der Waals surface area contributed by atoms with E-state index in [-0.39, 0.29) is 34.2 Å². The standard InChI is InChI=1S/C31H42O7S2/c1-21(27-18-23(33)16-25(39(27)37)11-7-9-13-30(3,4)20-32)15-22(2)28-19-24(34)17-26(40(28)38)12-8-10-14-31(5,6)29(35)36/h16-19,32H,1-2,7-15,20H2,3-6H3,(H,35,36). The highest BCUT2D eigenvalue weighted by Crippen LogP contribution is 2.38. The molecule has 40 heavy (non-hydrogen) atoms. The van der Waals surface area contributed by atoms with Crippen LogP contribution in [0.4, 0.5) is 0 Å². The number of carbonyl (C=O) groups is 1. The van der Waals surface area contributed by atoms with E-state index >= 15 is 0 Å². The molecule has 0 amide bonds. The number of unbranched alkanes of at least 4 members (excludes halogenated alkanes) is 2. The SMILES string of the molecule is C=C(CC(=C)c1cc(=O)cc(CCCCC(C)(C)C(=O)O)[s+]1[O-])c1cc(=O)cc(CCCCC(C)(C)CO)[s+]1[O-]. The van der Waals surface area contributed by atoms with E-state index in [4.69, 9.17) is 0 Å². The molecule has 2 heterocycles. The van der Waals surface area contributed by atoms with Crippen LogP contribution in [0.1, 0.15) is 92.1 Å². The number of carboxylic acids is 1. The van der Waals surface area contributed by atoms with Gasteiger partial charge in [0.25, 0.3) is 0 Å². The van der Waals surface area contributed by atoms with Crippen LogP contribution in [0.5, 0.6) is 0 Å². The molecule has 0 aliphatic heterocycles. The second-order valence-corrected chi connectivity index (χ2v) is 14.9. The summed E-state index contributed by atoms with van der Waals surface area (Å²) in [4.78, 5) is 37.7. The van der Waals surface area contributed by atoms with E-state index in [0.29, 0.717) is 57.9 Å². The van der Waals surface area contributed by atoms with Crippen LogP contribution in [0.3, 0.4) is 0 Å². The van der Waals surface area contributed by atoms with Gasteiger partial charge < -0.3 is 19.3 Å². The number of hydrogen-bond donors (Lipinski definition) is 2. The summed E-state index contributed by atoms with van der Waals surface area (Å²) in [6.07, 6.45) is 5.04. The van der Waals surface area contributed by atoms with Crippen LogP contribution < -0.4 is 10.9 Å². The summed E-state index contributed by atoms with van der Waals surface area (Å²) < 4.78 is 26.5. The quantitative estimate of drug-likeness (QED) is 0.167. The average molecular weight is 591 g/mol. The van der Waals surface area contributed by atoms with Crippen LogP contribution in [-0.4, -0.2) is 31.9 Å². The van der Waals surface area contributed by atoms with Gasteiger partial charge in [-0.3, -0.25) is 14.4 Å². The fraction of sp³-hybridized carbons (Fsp3) is 0.516. The Balaban J connectivity index is 2.13. The number of rotatable bonds is 16. The van der Waals surface area contributed by atoms with Crippen LogP contribution in [0.2, 0.25) is 0 Å². The van der Waals surface area contributed by atoms with Gasteiger partial charge in [-0.1, -0.05) is 39.8 Å². The normalized spacial score (nSPS) is 12.9. The van der Waals surface area contributed by atoms with E-state index in [1.165, 1.54) is 24.3 Å². The number of aliphatic hydroxyl groups is 1. The van der Waals surface area contributed by atoms with Gasteiger partial charge in [-0.15, -0.1) is 0 Å². The second-order valence-electron chi connectivity index (χ2n) is 11.9. The summed E-state index contributed by atoms with van der Waals surface area (Å²) in [6, 6.07) is 5.37. The van der Waals surface area contributed by atoms with Crippen molar-refractivity contribution in [3.8, 4) is 0 Å². The van der Waals surface area contributed by atoms with Gasteiger partial charge in [-0.05, 0) is 66.4 Å². The second kappa shape index (κ2) is 14.5. The Hall–Kier alpha value is -2.43. The fourth-order valence-electron chi connectivity index (χ4n) is 4.34. The van der Waals surface area contributed by atoms with Gasteiger partial charge in [0.15, 0.2) is 30.4 Å². The molecule has 220 valence electrons. The molecule has 0 aliphatic rings. The molecule has 0 bridgehead atoms. The van der Waals surface area contributed by atoms with Crippen molar-refractivity contribution in [3.63, 3.8) is 0 Å². The molecular formula is C31H42O7S2. The Morgan fingerprint density at radius 3 is 1.62 bits per heavy atom. The molecule has 2 atom stereocenters. The summed E-state index contributed by atoms with van der Waals surface area (Å²) in [7, 11) is -3.16. The largest absolute Gasteiger partial charge is 0.590 e. The van der Waals surface area contributed by atoms with Crippen LogP contribution in [-0.2, 0) is 17.6 Å². The van der Waals surface area contributed by atoms with E-state index in [1.807, 2.05) is 13.8 Å². The molecular weight excluding hydrogens is 548 g/mol. The summed E-state index contributed by atoms with van der Waals surface area (Å²) in [5.41, 5.74) is -0.775. The minimum Gasteiger partial charge on any atom is -0.590 e. The lowest BCUT2D eigenvalue weighted by Gasteiger charge is -2.20. The highest BCUT2D eigenvalue weighted by atomic mass is 32.2. The fourth-order valence-corrected chi connectivity index (χ4v) is 7.12. The highest BCUT2D eigenvalue weighted by molar-refractivity contribution is 7.26. The molecule has 0 aromatic carbocycles. The molecule has 0 radical (unpaired) electrons. The van der Waals surface area contributed by atoms with Crippen molar-refractivity contribution in [2.24, 2.45) is 10.8 Å². The molecule has 0 spiro atoms. The number of hydrogen-bond acceptors (Lipinski definition) is 6. The van der Waals surface area contributed by atoms with Crippen molar-refractivity contribution in [2.45, 2.75) is 85.5 Å². The molecule has 7 nitrogen and oxygen atoms in total. The van der Waals surface area contributed by atoms with Crippen molar-refractivity contribution in [2.75, 3.05) is 6.61 Å². The lowest BCUT2D eigenvalue weighted by molar-refractivity contribution is -0.147. The third-order valence-electron chi connectivity index (χ3n) is 7.16. The van der Waals surface area contributed by atoms with Crippen LogP contribution in [0.15, 0.2) is 47.0 Å². The first-order valence-corrected chi connectivity index (χ1v) is 15.8. The predicted molar refractivity (Wildman–Crippen MR) is 163 cm³/mol. The van der Waals surface area contributed by atoms with Gasteiger partial charge in [-0.25, -0.2) is 0 Å². The van der Waals surface area contributed by atoms with Gasteiger partial charge in [0.2, 0.25) is 0 Å². The van der Waals surface area contributed by atoms with Crippen molar-refractivity contribution in [1.29, 1.82) is 0 Å². The zero-order valence-corrected chi connectivity index (χ0v) is 25.7. The number of aryl methyl sites for hydroxylation is 2. The van der Waals surface area contributed by atoms with E-state index in [2.05, 4.69) is 13.2 Å². The summed E-state index contributed by atoms with van der Waals surface area (Å²) >= 11 is 0. The highest BCUT2D eigenvalue weighted by Gasteiger charge is 2.26. The van der Waals surface area contributed by atoms with E-state index in [9.17, 15) is 33.7 Å². The Morgan fingerprint density at radius 2 is 1.23 bits per heavy atom. The van der Waals surface area contributed by atoms with Gasteiger partial charge in [0.1, 0.15) is 0 Å². The number of aliphatic hydroxyl groups excluding tert-OH is 1. The van der Waals surface area contributed by atoms with E-state index in [1.54, 1.807) is 13.8 Å². The summed E-state index contributed by atoms with van der Waals surface area (Å²) in [5, 5.41) is 18.7. The Kier molecular flexibility index (Phi) is 12.2. The summed E-state index contributed by atoms with van der Waals surface area (Å²) in [5.74, 6) is -0.870. The minimum absolute atomic E-state index is 0.0892. The first-order chi connectivity index (χ1) is 18.6. The van der Waals surface area contributed by atoms with Gasteiger partial charge in [0.05, 0.1) is 5.41 Å². The third-order valence-corrected chi connectivity index (χ3v) is 10.4. The Labute approximate surface area is 242 Å². The van der Waals surface area contributed by atoms with Crippen LogP contribution in [0.25, 0.3) is 11.1 Å². The molecule has 0 saturated heterocycles. The van der Waals surface area contributed by atoms with Crippen LogP contribution >= 0.6 is 21.5 Å². The Bertz CT molecular complexity index is 1350. The Morgan fingerprint density at radius 1 is 0.800 bits per heavy atom. The lowest BCUT2D eigenvalue weighted by Crippen LogP contribution is -2.23. The maximum Gasteiger partial charge on any atom is 0.309 e. The van der Waals surface area contributed by atoms with Crippen LogP contribution in [0, 0.1) is 10.8 Å².